The van der Waals surface area contributed by atoms with Crippen molar-refractivity contribution in [1.29, 1.82) is 0 Å². The van der Waals surface area contributed by atoms with Crippen LogP contribution in [0, 0.1) is 17.5 Å². The molecule has 3 rings (SSSR count). The van der Waals surface area contributed by atoms with E-state index in [1.807, 2.05) is 4.90 Å². The van der Waals surface area contributed by atoms with Crippen molar-refractivity contribution >= 4 is 17.6 Å². The van der Waals surface area contributed by atoms with Crippen molar-refractivity contribution < 1.29 is 27.5 Å². The number of carbonyl (C=O) groups is 2. The van der Waals surface area contributed by atoms with E-state index in [1.54, 1.807) is 12.1 Å². The molecule has 2 aromatic carbocycles. The highest BCUT2D eigenvalue weighted by atomic mass is 19.1. The van der Waals surface area contributed by atoms with Crippen LogP contribution in [0.5, 0.6) is 0 Å². The fourth-order valence-electron chi connectivity index (χ4n) is 2.82. The van der Waals surface area contributed by atoms with Crippen LogP contribution in [0.4, 0.5) is 18.9 Å². The molecule has 0 saturated carbocycles. The van der Waals surface area contributed by atoms with Gasteiger partial charge >= 0.3 is 5.97 Å². The second-order valence-electron chi connectivity index (χ2n) is 6.04. The smallest absolute Gasteiger partial charge is 0.341 e. The Morgan fingerprint density at radius 2 is 1.52 bits per heavy atom. The number of anilines is 1. The van der Waals surface area contributed by atoms with E-state index in [4.69, 9.17) is 4.74 Å². The Morgan fingerprint density at radius 1 is 0.889 bits per heavy atom. The minimum atomic E-state index is -1.04. The van der Waals surface area contributed by atoms with E-state index < -0.39 is 35.7 Å². The third kappa shape index (κ3) is 4.58. The largest absolute Gasteiger partial charge is 0.452 e. The Kier molecular flexibility index (Phi) is 5.63. The first-order valence-corrected chi connectivity index (χ1v) is 8.34. The van der Waals surface area contributed by atoms with Gasteiger partial charge in [-0.25, -0.2) is 18.0 Å². The Balaban J connectivity index is 1.49. The minimum Gasteiger partial charge on any atom is -0.452 e. The van der Waals surface area contributed by atoms with Gasteiger partial charge in [-0.1, -0.05) is 0 Å². The average molecular weight is 378 g/mol. The summed E-state index contributed by atoms with van der Waals surface area (Å²) >= 11 is 0. The first-order valence-electron chi connectivity index (χ1n) is 8.34. The van der Waals surface area contributed by atoms with Gasteiger partial charge in [-0.05, 0) is 36.4 Å². The molecule has 5 nitrogen and oxygen atoms in total. The summed E-state index contributed by atoms with van der Waals surface area (Å²) in [6.45, 7) is 1.42. The van der Waals surface area contributed by atoms with Gasteiger partial charge in [0.15, 0.2) is 6.61 Å². The van der Waals surface area contributed by atoms with E-state index in [0.29, 0.717) is 32.2 Å². The molecule has 1 amide bonds. The number of hydrogen-bond donors (Lipinski definition) is 0. The second-order valence-corrected chi connectivity index (χ2v) is 6.04. The lowest BCUT2D eigenvalue weighted by atomic mass is 10.2. The van der Waals surface area contributed by atoms with Crippen molar-refractivity contribution in [3.63, 3.8) is 0 Å². The normalized spacial score (nSPS) is 14.2. The Hall–Kier alpha value is -3.03. The van der Waals surface area contributed by atoms with Gasteiger partial charge in [-0.2, -0.15) is 0 Å². The van der Waals surface area contributed by atoms with Gasteiger partial charge in [0.05, 0.1) is 5.56 Å². The van der Waals surface area contributed by atoms with Gasteiger partial charge in [0, 0.05) is 37.9 Å². The van der Waals surface area contributed by atoms with E-state index in [0.717, 1.165) is 17.8 Å². The summed E-state index contributed by atoms with van der Waals surface area (Å²) in [5.74, 6) is -3.58. The van der Waals surface area contributed by atoms with Crippen LogP contribution in [0.3, 0.4) is 0 Å². The molecule has 0 aromatic heterocycles. The molecule has 0 unspecified atom stereocenters. The van der Waals surface area contributed by atoms with Crippen molar-refractivity contribution in [3.8, 4) is 0 Å². The monoisotopic (exact) mass is 378 g/mol. The van der Waals surface area contributed by atoms with Gasteiger partial charge in [-0.3, -0.25) is 4.79 Å². The Bertz CT molecular complexity index is 835. The van der Waals surface area contributed by atoms with Gasteiger partial charge in [0.25, 0.3) is 5.91 Å². The van der Waals surface area contributed by atoms with Crippen LogP contribution >= 0.6 is 0 Å². The van der Waals surface area contributed by atoms with Gasteiger partial charge in [0.1, 0.15) is 17.5 Å². The molecule has 8 heteroatoms. The minimum absolute atomic E-state index is 0.313. The van der Waals surface area contributed by atoms with E-state index in [2.05, 4.69) is 0 Å². The quantitative estimate of drug-likeness (QED) is 0.768. The number of rotatable bonds is 4. The predicted octanol–water partition coefficient (Wildman–Crippen LogP) is 2.61. The van der Waals surface area contributed by atoms with Crippen LogP contribution in [0.2, 0.25) is 0 Å². The molecule has 0 bridgehead atoms. The summed E-state index contributed by atoms with van der Waals surface area (Å²) in [4.78, 5) is 27.6. The van der Waals surface area contributed by atoms with Crippen molar-refractivity contribution in [1.82, 2.24) is 4.90 Å². The summed E-state index contributed by atoms with van der Waals surface area (Å²) in [6.07, 6.45) is 0. The molecule has 0 radical (unpaired) electrons. The van der Waals surface area contributed by atoms with Gasteiger partial charge in [-0.15, -0.1) is 0 Å². The number of esters is 1. The van der Waals surface area contributed by atoms with E-state index >= 15 is 0 Å². The van der Waals surface area contributed by atoms with Gasteiger partial charge < -0.3 is 14.5 Å². The number of amides is 1. The molecule has 142 valence electrons. The first kappa shape index (κ1) is 18.8. The van der Waals surface area contributed by atoms with E-state index in [9.17, 15) is 22.8 Å². The number of halogens is 3. The maximum Gasteiger partial charge on any atom is 0.341 e. The summed E-state index contributed by atoms with van der Waals surface area (Å²) in [6, 6.07) is 8.58. The maximum atomic E-state index is 13.5. The number of carbonyl (C=O) groups excluding carboxylic acids is 2. The molecule has 0 spiro atoms. The van der Waals surface area contributed by atoms with Crippen molar-refractivity contribution in [2.75, 3.05) is 37.7 Å². The fourth-order valence-corrected chi connectivity index (χ4v) is 2.82. The lowest BCUT2D eigenvalue weighted by molar-refractivity contribution is -0.134. The number of ether oxygens (including phenoxy) is 1. The third-order valence-electron chi connectivity index (χ3n) is 4.30. The van der Waals surface area contributed by atoms with E-state index in [-0.39, 0.29) is 5.82 Å². The number of nitrogens with zero attached hydrogens (tertiary/aromatic N) is 2. The van der Waals surface area contributed by atoms with Crippen LogP contribution < -0.4 is 4.90 Å². The molecule has 0 N–H and O–H groups in total. The Morgan fingerprint density at radius 3 is 2.15 bits per heavy atom. The average Bonchev–Trinajstić information content (AvgIpc) is 2.66. The summed E-state index contributed by atoms with van der Waals surface area (Å²) in [7, 11) is 0. The topological polar surface area (TPSA) is 49.9 Å². The third-order valence-corrected chi connectivity index (χ3v) is 4.30. The molecule has 0 atom stereocenters. The summed E-state index contributed by atoms with van der Waals surface area (Å²) in [5.41, 5.74) is 0.437. The second kappa shape index (κ2) is 8.11. The fraction of sp³-hybridized carbons (Fsp3) is 0.263. The van der Waals surface area contributed by atoms with Crippen molar-refractivity contribution in [3.05, 3.63) is 65.5 Å². The van der Waals surface area contributed by atoms with Crippen LogP contribution in [-0.4, -0.2) is 49.6 Å². The van der Waals surface area contributed by atoms with Gasteiger partial charge in [0.2, 0.25) is 0 Å². The number of piperazine rings is 1. The molecule has 0 aliphatic carbocycles. The number of benzene rings is 2. The molecule has 1 aliphatic heterocycles. The maximum absolute atomic E-state index is 13.5. The molecule has 1 fully saturated rings. The van der Waals surface area contributed by atoms with Crippen molar-refractivity contribution in [2.24, 2.45) is 0 Å². The van der Waals surface area contributed by atoms with Crippen LogP contribution in [-0.2, 0) is 9.53 Å². The summed E-state index contributed by atoms with van der Waals surface area (Å²) < 4.78 is 44.2. The predicted molar refractivity (Wildman–Crippen MR) is 91.8 cm³/mol. The zero-order valence-electron chi connectivity index (χ0n) is 14.3. The van der Waals surface area contributed by atoms with E-state index in [1.165, 1.54) is 17.0 Å². The molecule has 2 aromatic rings. The van der Waals surface area contributed by atoms with Crippen LogP contribution in [0.25, 0.3) is 0 Å². The lowest BCUT2D eigenvalue weighted by Crippen LogP contribution is -2.49. The first-order chi connectivity index (χ1) is 12.9. The highest BCUT2D eigenvalue weighted by Crippen LogP contribution is 2.17. The van der Waals surface area contributed by atoms with Crippen molar-refractivity contribution in [2.45, 2.75) is 0 Å². The number of hydrogen-bond acceptors (Lipinski definition) is 4. The van der Waals surface area contributed by atoms with Crippen LogP contribution in [0.15, 0.2) is 42.5 Å². The molecule has 1 heterocycles. The highest BCUT2D eigenvalue weighted by Gasteiger charge is 2.23. The lowest BCUT2D eigenvalue weighted by Gasteiger charge is -2.36. The molecular formula is C19H17F3N2O3. The highest BCUT2D eigenvalue weighted by molar-refractivity contribution is 5.91. The van der Waals surface area contributed by atoms with Crippen LogP contribution in [0.1, 0.15) is 10.4 Å². The summed E-state index contributed by atoms with van der Waals surface area (Å²) in [5, 5.41) is 0. The SMILES string of the molecule is O=C(OCC(=O)N1CCN(c2ccc(F)cc2)CC1)c1ccc(F)cc1F. The standard InChI is InChI=1S/C19H17F3N2O3/c20-13-1-4-15(5-2-13)23-7-9-24(10-8-23)18(25)12-27-19(26)16-6-3-14(21)11-17(16)22/h1-6,11H,7-10,12H2. The zero-order chi connectivity index (χ0) is 19.4. The molecule has 1 aliphatic rings. The Labute approximate surface area is 153 Å². The molecule has 27 heavy (non-hydrogen) atoms. The zero-order valence-corrected chi connectivity index (χ0v) is 14.3. The molecule has 1 saturated heterocycles. The molecular weight excluding hydrogens is 361 g/mol.